The van der Waals surface area contributed by atoms with E-state index in [1.54, 1.807) is 11.9 Å². The van der Waals surface area contributed by atoms with Gasteiger partial charge in [-0.15, -0.1) is 0 Å². The van der Waals surface area contributed by atoms with Crippen molar-refractivity contribution in [2.45, 2.75) is 52.4 Å². The van der Waals surface area contributed by atoms with Crippen molar-refractivity contribution in [3.8, 4) is 0 Å². The summed E-state index contributed by atoms with van der Waals surface area (Å²) in [5.41, 5.74) is 4.15. The summed E-state index contributed by atoms with van der Waals surface area (Å²) < 4.78 is 17.7. The SMILES string of the molecule is C=C(/C=C\C(=C)N(C)CCN(C)C(=O)OC(C)(C)C)C1=C(OCc2ccccc2)N=C(OCc2ccccc2)CC1. The normalized spacial score (nSPS) is 13.4. The summed E-state index contributed by atoms with van der Waals surface area (Å²) in [6.07, 6.45) is 4.86. The van der Waals surface area contributed by atoms with Crippen molar-refractivity contribution in [2.75, 3.05) is 27.2 Å². The molecular formula is C34H43N3O4. The number of rotatable bonds is 12. The van der Waals surface area contributed by atoms with Crippen LogP contribution in [0.3, 0.4) is 0 Å². The smallest absolute Gasteiger partial charge is 0.410 e. The van der Waals surface area contributed by atoms with Gasteiger partial charge >= 0.3 is 6.09 Å². The van der Waals surface area contributed by atoms with Crippen LogP contribution in [0.4, 0.5) is 4.79 Å². The van der Waals surface area contributed by atoms with Crippen LogP contribution in [0, 0.1) is 0 Å². The lowest BCUT2D eigenvalue weighted by molar-refractivity contribution is 0.0291. The van der Waals surface area contributed by atoms with E-state index in [0.29, 0.717) is 50.9 Å². The van der Waals surface area contributed by atoms with E-state index in [1.807, 2.05) is 106 Å². The molecule has 0 aromatic heterocycles. The van der Waals surface area contributed by atoms with Crippen molar-refractivity contribution in [1.29, 1.82) is 0 Å². The number of benzene rings is 2. The first-order valence-electron chi connectivity index (χ1n) is 13.9. The minimum absolute atomic E-state index is 0.347. The highest BCUT2D eigenvalue weighted by Crippen LogP contribution is 2.28. The Labute approximate surface area is 245 Å². The predicted molar refractivity (Wildman–Crippen MR) is 165 cm³/mol. The summed E-state index contributed by atoms with van der Waals surface area (Å²) in [5, 5.41) is 0. The van der Waals surface area contributed by atoms with Crippen LogP contribution in [0.25, 0.3) is 0 Å². The second-order valence-electron chi connectivity index (χ2n) is 11.0. The molecule has 7 nitrogen and oxygen atoms in total. The zero-order chi connectivity index (χ0) is 29.8. The van der Waals surface area contributed by atoms with Crippen LogP contribution in [0.1, 0.15) is 44.7 Å². The number of hydrogen-bond acceptors (Lipinski definition) is 6. The number of amides is 1. The predicted octanol–water partition coefficient (Wildman–Crippen LogP) is 7.25. The second kappa shape index (κ2) is 14.9. The molecule has 0 unspecified atom stereocenters. The molecule has 41 heavy (non-hydrogen) atoms. The maximum Gasteiger partial charge on any atom is 0.410 e. The standard InChI is InChI=1S/C34H43N3O4/c1-26(18-19-27(2)36(6)22-23-37(7)33(38)41-34(3,4)5)30-20-21-31(39-24-28-14-10-8-11-15-28)35-32(30)40-25-29-16-12-9-13-17-29/h8-19H,1-2,20-25H2,3-7H3/b19-18-. The lowest BCUT2D eigenvalue weighted by Gasteiger charge is -2.27. The quantitative estimate of drug-likeness (QED) is 0.257. The number of likely N-dealkylation sites (N-methyl/N-ethyl adjacent to an activating group) is 2. The van der Waals surface area contributed by atoms with Gasteiger partial charge in [-0.05, 0) is 50.0 Å². The molecule has 218 valence electrons. The number of aliphatic imine (C=N–C) groups is 1. The molecule has 0 bridgehead atoms. The Morgan fingerprint density at radius 3 is 2.00 bits per heavy atom. The summed E-state index contributed by atoms with van der Waals surface area (Å²) in [7, 11) is 3.67. The summed E-state index contributed by atoms with van der Waals surface area (Å²) in [4.78, 5) is 20.5. The average molecular weight is 558 g/mol. The molecule has 7 heteroatoms. The van der Waals surface area contributed by atoms with Gasteiger partial charge in [-0.25, -0.2) is 4.79 Å². The summed E-state index contributed by atoms with van der Waals surface area (Å²) in [6.45, 7) is 16.0. The van der Waals surface area contributed by atoms with Crippen LogP contribution in [-0.2, 0) is 27.4 Å². The Morgan fingerprint density at radius 2 is 1.41 bits per heavy atom. The monoisotopic (exact) mass is 557 g/mol. The van der Waals surface area contributed by atoms with E-state index in [4.69, 9.17) is 19.2 Å². The fourth-order valence-electron chi connectivity index (χ4n) is 3.86. The van der Waals surface area contributed by atoms with Crippen LogP contribution < -0.4 is 0 Å². The van der Waals surface area contributed by atoms with Crippen LogP contribution >= 0.6 is 0 Å². The molecule has 3 rings (SSSR count). The molecule has 0 aliphatic carbocycles. The van der Waals surface area contributed by atoms with Gasteiger partial charge in [-0.1, -0.05) is 79.9 Å². The molecule has 0 atom stereocenters. The first-order valence-corrected chi connectivity index (χ1v) is 13.9. The highest BCUT2D eigenvalue weighted by atomic mass is 16.6. The number of hydrogen-bond donors (Lipinski definition) is 0. The molecule has 0 fully saturated rings. The lowest BCUT2D eigenvalue weighted by atomic mass is 10.00. The average Bonchev–Trinajstić information content (AvgIpc) is 2.96. The molecule has 1 aliphatic rings. The zero-order valence-corrected chi connectivity index (χ0v) is 25.1. The van der Waals surface area contributed by atoms with Crippen molar-refractivity contribution in [1.82, 2.24) is 9.80 Å². The van der Waals surface area contributed by atoms with E-state index in [-0.39, 0.29) is 6.09 Å². The maximum atomic E-state index is 12.2. The molecule has 2 aromatic rings. The van der Waals surface area contributed by atoms with Crippen molar-refractivity contribution in [3.63, 3.8) is 0 Å². The lowest BCUT2D eigenvalue weighted by Crippen LogP contribution is -2.38. The molecule has 0 radical (unpaired) electrons. The Hall–Kier alpha value is -4.26. The van der Waals surface area contributed by atoms with Gasteiger partial charge in [-0.3, -0.25) is 0 Å². The van der Waals surface area contributed by atoms with E-state index < -0.39 is 5.60 Å². The third-order valence-corrected chi connectivity index (χ3v) is 6.37. The second-order valence-corrected chi connectivity index (χ2v) is 11.0. The molecule has 0 saturated heterocycles. The molecule has 1 aliphatic heterocycles. The molecule has 0 N–H and O–H groups in total. The molecule has 1 heterocycles. The fraction of sp³-hybridized carbons (Fsp3) is 0.353. The molecule has 0 saturated carbocycles. The number of carbonyl (C=O) groups excluding carboxylic acids is 1. The fourth-order valence-corrected chi connectivity index (χ4v) is 3.86. The van der Waals surface area contributed by atoms with Crippen molar-refractivity contribution in [2.24, 2.45) is 4.99 Å². The van der Waals surface area contributed by atoms with E-state index in [2.05, 4.69) is 13.2 Å². The molecular weight excluding hydrogens is 514 g/mol. The van der Waals surface area contributed by atoms with Crippen LogP contribution in [0.15, 0.2) is 114 Å². The Bertz CT molecular complexity index is 1270. The van der Waals surface area contributed by atoms with Gasteiger partial charge in [0.2, 0.25) is 5.88 Å². The zero-order valence-electron chi connectivity index (χ0n) is 25.1. The summed E-state index contributed by atoms with van der Waals surface area (Å²) in [5.74, 6) is 1.17. The maximum absolute atomic E-state index is 12.2. The third kappa shape index (κ3) is 10.7. The van der Waals surface area contributed by atoms with Gasteiger partial charge in [-0.2, -0.15) is 4.99 Å². The summed E-state index contributed by atoms with van der Waals surface area (Å²) in [6, 6.07) is 20.0. The van der Waals surface area contributed by atoms with Gasteiger partial charge in [0.25, 0.3) is 0 Å². The van der Waals surface area contributed by atoms with E-state index >= 15 is 0 Å². The van der Waals surface area contributed by atoms with Crippen LogP contribution in [0.2, 0.25) is 0 Å². The van der Waals surface area contributed by atoms with Gasteiger partial charge in [0.05, 0.1) is 0 Å². The van der Waals surface area contributed by atoms with Gasteiger partial charge in [0.1, 0.15) is 18.8 Å². The van der Waals surface area contributed by atoms with E-state index in [1.165, 1.54) is 0 Å². The highest BCUT2D eigenvalue weighted by Gasteiger charge is 2.21. The van der Waals surface area contributed by atoms with Gasteiger partial charge in [0.15, 0.2) is 5.90 Å². The largest absolute Gasteiger partial charge is 0.476 e. The first-order chi connectivity index (χ1) is 19.5. The Balaban J connectivity index is 1.65. The van der Waals surface area contributed by atoms with Gasteiger partial charge in [0, 0.05) is 44.9 Å². The number of ether oxygens (including phenoxy) is 3. The van der Waals surface area contributed by atoms with E-state index in [9.17, 15) is 4.79 Å². The third-order valence-electron chi connectivity index (χ3n) is 6.37. The molecule has 2 aromatic carbocycles. The van der Waals surface area contributed by atoms with Gasteiger partial charge < -0.3 is 24.0 Å². The Morgan fingerprint density at radius 1 is 0.854 bits per heavy atom. The first kappa shape index (κ1) is 31.3. The molecule has 1 amide bonds. The topological polar surface area (TPSA) is 63.6 Å². The minimum Gasteiger partial charge on any atom is -0.476 e. The molecule has 0 spiro atoms. The number of allylic oxidation sites excluding steroid dienone is 4. The summed E-state index contributed by atoms with van der Waals surface area (Å²) >= 11 is 0. The van der Waals surface area contributed by atoms with Crippen molar-refractivity contribution >= 4 is 12.0 Å². The van der Waals surface area contributed by atoms with E-state index in [0.717, 1.165) is 28.0 Å². The van der Waals surface area contributed by atoms with Crippen molar-refractivity contribution < 1.29 is 19.0 Å². The highest BCUT2D eigenvalue weighted by molar-refractivity contribution is 5.79. The Kier molecular flexibility index (Phi) is 11.4. The minimum atomic E-state index is -0.528. The number of nitrogens with zero attached hydrogens (tertiary/aromatic N) is 3. The number of carbonyl (C=O) groups is 1. The van der Waals surface area contributed by atoms with Crippen molar-refractivity contribution in [3.05, 3.63) is 120 Å². The van der Waals surface area contributed by atoms with Crippen LogP contribution in [0.5, 0.6) is 0 Å². The van der Waals surface area contributed by atoms with Crippen LogP contribution in [-0.4, -0.2) is 54.6 Å².